The largest absolute Gasteiger partial charge is 0.460 e. The molecule has 1 aliphatic heterocycles. The number of halogens is 3. The molecular formula is C23H24F3N3O. The van der Waals surface area contributed by atoms with Crippen LogP contribution in [0.2, 0.25) is 0 Å². The highest BCUT2D eigenvalue weighted by atomic mass is 19.4. The Morgan fingerprint density at radius 1 is 1.10 bits per heavy atom. The molecule has 0 atom stereocenters. The first-order chi connectivity index (χ1) is 14.1. The smallest absolute Gasteiger partial charge is 0.416 e. The number of rotatable bonds is 3. The van der Waals surface area contributed by atoms with Crippen LogP contribution in [0, 0.1) is 0 Å². The fourth-order valence-corrected chi connectivity index (χ4v) is 3.56. The minimum absolute atomic E-state index is 0.0832. The van der Waals surface area contributed by atoms with Gasteiger partial charge in [0.15, 0.2) is 0 Å². The van der Waals surface area contributed by atoms with Crippen LogP contribution < -0.4 is 0 Å². The molecule has 0 spiro atoms. The van der Waals surface area contributed by atoms with E-state index in [1.165, 1.54) is 6.07 Å². The Morgan fingerprint density at radius 3 is 2.63 bits per heavy atom. The monoisotopic (exact) mass is 415 g/mol. The third-order valence-electron chi connectivity index (χ3n) is 5.20. The third-order valence-corrected chi connectivity index (χ3v) is 5.20. The molecule has 30 heavy (non-hydrogen) atoms. The minimum atomic E-state index is -4.37. The molecule has 7 heteroatoms. The van der Waals surface area contributed by atoms with Crippen LogP contribution in [0.15, 0.2) is 47.0 Å². The molecule has 2 aromatic heterocycles. The Hall–Kier alpha value is -2.67. The molecule has 158 valence electrons. The van der Waals surface area contributed by atoms with Crippen LogP contribution in [0.3, 0.4) is 0 Å². The van der Waals surface area contributed by atoms with Crippen LogP contribution in [0.25, 0.3) is 11.3 Å². The summed E-state index contributed by atoms with van der Waals surface area (Å²) >= 11 is 0. The first-order valence-corrected chi connectivity index (χ1v) is 9.93. The lowest BCUT2D eigenvalue weighted by Gasteiger charge is -2.28. The fraction of sp³-hybridized carbons (Fsp3) is 0.391. The molecule has 0 bridgehead atoms. The first-order valence-electron chi connectivity index (χ1n) is 9.93. The number of fused-ring (bicyclic) bond motifs is 1. The Bertz CT molecular complexity index is 1050. The van der Waals surface area contributed by atoms with Gasteiger partial charge in [-0.2, -0.15) is 13.2 Å². The lowest BCUT2D eigenvalue weighted by Crippen LogP contribution is -2.31. The zero-order chi connectivity index (χ0) is 21.5. The summed E-state index contributed by atoms with van der Waals surface area (Å²) in [6, 6.07) is 8.74. The van der Waals surface area contributed by atoms with E-state index in [0.717, 1.165) is 54.5 Å². The van der Waals surface area contributed by atoms with E-state index in [4.69, 9.17) is 9.40 Å². The van der Waals surface area contributed by atoms with Gasteiger partial charge in [0.2, 0.25) is 0 Å². The van der Waals surface area contributed by atoms with Crippen molar-refractivity contribution in [2.45, 2.75) is 51.9 Å². The normalized spacial score (nSPS) is 15.3. The molecule has 0 unspecified atom stereocenters. The summed E-state index contributed by atoms with van der Waals surface area (Å²) < 4.78 is 44.7. The van der Waals surface area contributed by atoms with Gasteiger partial charge in [-0.15, -0.1) is 0 Å². The van der Waals surface area contributed by atoms with Crippen molar-refractivity contribution in [3.8, 4) is 11.3 Å². The van der Waals surface area contributed by atoms with Crippen molar-refractivity contribution in [2.75, 3.05) is 6.54 Å². The summed E-state index contributed by atoms with van der Waals surface area (Å²) in [5, 5.41) is 0. The fourth-order valence-electron chi connectivity index (χ4n) is 3.56. The van der Waals surface area contributed by atoms with E-state index < -0.39 is 11.7 Å². The maximum atomic E-state index is 13.0. The topological polar surface area (TPSA) is 42.2 Å². The van der Waals surface area contributed by atoms with Crippen LogP contribution in [0.4, 0.5) is 13.2 Å². The van der Waals surface area contributed by atoms with Gasteiger partial charge in [0, 0.05) is 47.9 Å². The molecule has 0 amide bonds. The zero-order valence-corrected chi connectivity index (χ0v) is 17.3. The van der Waals surface area contributed by atoms with E-state index in [9.17, 15) is 13.2 Å². The maximum absolute atomic E-state index is 13.0. The van der Waals surface area contributed by atoms with Gasteiger partial charge in [-0.05, 0) is 24.3 Å². The molecular weight excluding hydrogens is 391 g/mol. The van der Waals surface area contributed by atoms with Gasteiger partial charge in [0.05, 0.1) is 12.1 Å². The molecule has 3 aromatic rings. The van der Waals surface area contributed by atoms with Gasteiger partial charge in [-0.25, -0.2) is 9.97 Å². The molecule has 0 saturated heterocycles. The standard InChI is InChI=1S/C23H24F3N3O/c1-22(2,3)21-27-12-16-13-29(10-9-19(16)28-21)14-18-7-8-20(30-18)15-5-4-6-17(11-15)23(24,25)26/h4-8,11-12H,9-10,13-14H2,1-3H3. The van der Waals surface area contributed by atoms with E-state index in [2.05, 4.69) is 30.7 Å². The number of furan rings is 1. The summed E-state index contributed by atoms with van der Waals surface area (Å²) in [4.78, 5) is 11.5. The van der Waals surface area contributed by atoms with Gasteiger partial charge >= 0.3 is 6.18 Å². The molecule has 1 aliphatic rings. The summed E-state index contributed by atoms with van der Waals surface area (Å²) in [5.74, 6) is 2.01. The van der Waals surface area contributed by atoms with Crippen molar-refractivity contribution in [1.82, 2.24) is 14.9 Å². The van der Waals surface area contributed by atoms with Crippen molar-refractivity contribution >= 4 is 0 Å². The minimum Gasteiger partial charge on any atom is -0.460 e. The molecule has 3 heterocycles. The highest BCUT2D eigenvalue weighted by molar-refractivity contribution is 5.58. The van der Waals surface area contributed by atoms with Crippen molar-refractivity contribution in [2.24, 2.45) is 0 Å². The number of alkyl halides is 3. The van der Waals surface area contributed by atoms with E-state index in [-0.39, 0.29) is 5.41 Å². The Morgan fingerprint density at radius 2 is 1.90 bits per heavy atom. The number of nitrogens with zero attached hydrogens (tertiary/aromatic N) is 3. The lowest BCUT2D eigenvalue weighted by atomic mass is 9.95. The highest BCUT2D eigenvalue weighted by Crippen LogP contribution is 2.33. The second kappa shape index (κ2) is 7.54. The molecule has 0 radical (unpaired) electrons. The predicted octanol–water partition coefficient (Wildman–Crippen LogP) is 5.61. The summed E-state index contributed by atoms with van der Waals surface area (Å²) in [7, 11) is 0. The van der Waals surface area contributed by atoms with Crippen LogP contribution in [0.1, 0.15) is 49.2 Å². The summed E-state index contributed by atoms with van der Waals surface area (Å²) in [6.45, 7) is 8.44. The number of hydrogen-bond acceptors (Lipinski definition) is 4. The third kappa shape index (κ3) is 4.41. The first kappa shape index (κ1) is 20.6. The van der Waals surface area contributed by atoms with Crippen LogP contribution in [-0.4, -0.2) is 21.4 Å². The zero-order valence-electron chi connectivity index (χ0n) is 17.3. The van der Waals surface area contributed by atoms with Gasteiger partial charge in [0.1, 0.15) is 17.3 Å². The van der Waals surface area contributed by atoms with Gasteiger partial charge in [-0.3, -0.25) is 4.90 Å². The van der Waals surface area contributed by atoms with Gasteiger partial charge in [0.25, 0.3) is 0 Å². The van der Waals surface area contributed by atoms with Crippen LogP contribution in [-0.2, 0) is 31.1 Å². The van der Waals surface area contributed by atoms with Gasteiger partial charge < -0.3 is 4.42 Å². The number of aromatic nitrogens is 2. The average Bonchev–Trinajstić information content (AvgIpc) is 3.15. The number of hydrogen-bond donors (Lipinski definition) is 0. The van der Waals surface area contributed by atoms with E-state index in [0.29, 0.717) is 17.9 Å². The molecule has 0 aliphatic carbocycles. The SMILES string of the molecule is CC(C)(C)c1ncc2c(n1)CCN(Cc1ccc(-c3cccc(C(F)(F)F)c3)o1)C2. The molecule has 0 fully saturated rings. The summed E-state index contributed by atoms with van der Waals surface area (Å²) in [5.41, 5.74) is 1.86. The van der Waals surface area contributed by atoms with Crippen molar-refractivity contribution in [3.05, 3.63) is 71.0 Å². The van der Waals surface area contributed by atoms with Crippen LogP contribution >= 0.6 is 0 Å². The molecule has 1 aromatic carbocycles. The summed E-state index contributed by atoms with van der Waals surface area (Å²) in [6.07, 6.45) is -1.63. The predicted molar refractivity (Wildman–Crippen MR) is 108 cm³/mol. The second-order valence-electron chi connectivity index (χ2n) is 8.72. The Balaban J connectivity index is 1.46. The number of benzene rings is 1. The van der Waals surface area contributed by atoms with E-state index in [1.807, 2.05) is 12.3 Å². The Kier molecular flexibility index (Phi) is 5.18. The second-order valence-corrected chi connectivity index (χ2v) is 8.72. The average molecular weight is 415 g/mol. The van der Waals surface area contributed by atoms with E-state index in [1.54, 1.807) is 12.1 Å². The van der Waals surface area contributed by atoms with Crippen molar-refractivity contribution in [1.29, 1.82) is 0 Å². The van der Waals surface area contributed by atoms with Crippen LogP contribution in [0.5, 0.6) is 0 Å². The molecule has 4 rings (SSSR count). The molecule has 0 saturated carbocycles. The van der Waals surface area contributed by atoms with Crippen molar-refractivity contribution in [3.63, 3.8) is 0 Å². The van der Waals surface area contributed by atoms with Crippen molar-refractivity contribution < 1.29 is 17.6 Å². The molecule has 4 nitrogen and oxygen atoms in total. The quantitative estimate of drug-likeness (QED) is 0.558. The van der Waals surface area contributed by atoms with E-state index >= 15 is 0 Å². The lowest BCUT2D eigenvalue weighted by molar-refractivity contribution is -0.137. The molecule has 0 N–H and O–H groups in total. The van der Waals surface area contributed by atoms with Gasteiger partial charge in [-0.1, -0.05) is 32.9 Å². The maximum Gasteiger partial charge on any atom is 0.416 e. The highest BCUT2D eigenvalue weighted by Gasteiger charge is 2.30. The Labute approximate surface area is 173 Å².